The van der Waals surface area contributed by atoms with Gasteiger partial charge in [0.25, 0.3) is 0 Å². The van der Waals surface area contributed by atoms with Gasteiger partial charge in [-0.1, -0.05) is 0 Å². The molecule has 0 aliphatic heterocycles. The number of urea groups is 1. The second-order valence-electron chi connectivity index (χ2n) is 2.13. The maximum atomic E-state index is 11.5. The van der Waals surface area contributed by atoms with Gasteiger partial charge in [0, 0.05) is 0 Å². The summed E-state index contributed by atoms with van der Waals surface area (Å²) in [5.74, 6) is -0.906. The number of imide groups is 1. The maximum Gasteiger partial charge on any atom is 0.401 e. The average Bonchev–Trinajstić information content (AvgIpc) is 1.81. The number of hydrogen-bond acceptors (Lipinski definition) is 3. The van der Waals surface area contributed by atoms with Gasteiger partial charge in [-0.05, 0) is 0 Å². The molecule has 13 heavy (non-hydrogen) atoms. The standard InChI is InChI=1S/C5H8F3N3O2/c6-5(7,8)2-10-1-3(12)11-4(9)13/h10H,1-2H2,(H3,9,11,12,13). The fraction of sp³-hybridized carbons (Fsp3) is 0.600. The van der Waals surface area contributed by atoms with Gasteiger partial charge in [-0.25, -0.2) is 4.79 Å². The Morgan fingerprint density at radius 3 is 2.23 bits per heavy atom. The topological polar surface area (TPSA) is 84.2 Å². The first-order chi connectivity index (χ1) is 5.81. The molecular formula is C5H8F3N3O2. The number of carbonyl (C=O) groups excluding carboxylic acids is 2. The van der Waals surface area contributed by atoms with E-state index in [1.807, 2.05) is 0 Å². The number of amides is 3. The number of halogens is 3. The molecule has 8 heteroatoms. The monoisotopic (exact) mass is 199 g/mol. The summed E-state index contributed by atoms with van der Waals surface area (Å²) in [7, 11) is 0. The Morgan fingerprint density at radius 2 is 1.85 bits per heavy atom. The van der Waals surface area contributed by atoms with Crippen LogP contribution in [0.3, 0.4) is 0 Å². The fourth-order valence-electron chi connectivity index (χ4n) is 0.499. The molecule has 0 aromatic rings. The molecule has 0 spiro atoms. The Morgan fingerprint density at radius 1 is 1.31 bits per heavy atom. The van der Waals surface area contributed by atoms with Crippen molar-refractivity contribution >= 4 is 11.9 Å². The quantitative estimate of drug-likeness (QED) is 0.563. The van der Waals surface area contributed by atoms with Crippen molar-refractivity contribution in [2.45, 2.75) is 6.18 Å². The molecule has 0 unspecified atom stereocenters. The van der Waals surface area contributed by atoms with Gasteiger partial charge in [0.2, 0.25) is 5.91 Å². The highest BCUT2D eigenvalue weighted by atomic mass is 19.4. The molecular weight excluding hydrogens is 191 g/mol. The lowest BCUT2D eigenvalue weighted by molar-refractivity contribution is -0.128. The van der Waals surface area contributed by atoms with E-state index in [9.17, 15) is 22.8 Å². The molecule has 0 aromatic heterocycles. The summed E-state index contributed by atoms with van der Waals surface area (Å²) in [4.78, 5) is 20.5. The van der Waals surface area contributed by atoms with Gasteiger partial charge >= 0.3 is 12.2 Å². The van der Waals surface area contributed by atoms with Gasteiger partial charge < -0.3 is 11.1 Å². The molecule has 0 atom stereocenters. The lowest BCUT2D eigenvalue weighted by Crippen LogP contribution is -2.42. The second-order valence-corrected chi connectivity index (χ2v) is 2.13. The molecule has 76 valence electrons. The highest BCUT2D eigenvalue weighted by Crippen LogP contribution is 2.11. The third-order valence-corrected chi connectivity index (χ3v) is 0.874. The summed E-state index contributed by atoms with van der Waals surface area (Å²) in [6.07, 6.45) is -4.38. The highest BCUT2D eigenvalue weighted by Gasteiger charge is 2.26. The zero-order valence-electron chi connectivity index (χ0n) is 6.44. The number of nitrogens with two attached hydrogens (primary N) is 1. The zero-order valence-corrected chi connectivity index (χ0v) is 6.44. The average molecular weight is 199 g/mol. The molecule has 5 nitrogen and oxygen atoms in total. The minimum atomic E-state index is -4.38. The third kappa shape index (κ3) is 8.60. The first-order valence-corrected chi connectivity index (χ1v) is 3.18. The summed E-state index contributed by atoms with van der Waals surface area (Å²) >= 11 is 0. The molecule has 0 heterocycles. The van der Waals surface area contributed by atoms with E-state index in [-0.39, 0.29) is 0 Å². The van der Waals surface area contributed by atoms with Crippen molar-refractivity contribution in [2.75, 3.05) is 13.1 Å². The molecule has 0 bridgehead atoms. The van der Waals surface area contributed by atoms with E-state index in [2.05, 4.69) is 5.73 Å². The molecule has 0 saturated heterocycles. The SMILES string of the molecule is NC(=O)NC(=O)CNCC(F)(F)F. The van der Waals surface area contributed by atoms with Crippen molar-refractivity contribution in [2.24, 2.45) is 5.73 Å². The Kier molecular flexibility index (Phi) is 4.18. The van der Waals surface area contributed by atoms with Crippen molar-refractivity contribution in [1.29, 1.82) is 0 Å². The van der Waals surface area contributed by atoms with Gasteiger partial charge in [-0.3, -0.25) is 10.1 Å². The first-order valence-electron chi connectivity index (χ1n) is 3.18. The van der Waals surface area contributed by atoms with Gasteiger partial charge in [0.1, 0.15) is 0 Å². The molecule has 0 saturated carbocycles. The van der Waals surface area contributed by atoms with Crippen LogP contribution in [0.4, 0.5) is 18.0 Å². The molecule has 0 rings (SSSR count). The Bertz CT molecular complexity index is 204. The lowest BCUT2D eigenvalue weighted by atomic mass is 10.5. The maximum absolute atomic E-state index is 11.5. The third-order valence-electron chi connectivity index (χ3n) is 0.874. The van der Waals surface area contributed by atoms with Crippen molar-refractivity contribution in [3.8, 4) is 0 Å². The van der Waals surface area contributed by atoms with Crippen LogP contribution in [-0.4, -0.2) is 31.2 Å². The molecule has 4 N–H and O–H groups in total. The van der Waals surface area contributed by atoms with Crippen LogP contribution in [0.15, 0.2) is 0 Å². The number of hydrogen-bond donors (Lipinski definition) is 3. The van der Waals surface area contributed by atoms with Crippen LogP contribution < -0.4 is 16.4 Å². The van der Waals surface area contributed by atoms with Gasteiger partial charge in [-0.2, -0.15) is 13.2 Å². The number of alkyl halides is 3. The highest BCUT2D eigenvalue weighted by molar-refractivity contribution is 5.94. The number of rotatable bonds is 3. The second kappa shape index (κ2) is 4.65. The first kappa shape index (κ1) is 11.7. The van der Waals surface area contributed by atoms with Crippen molar-refractivity contribution in [3.63, 3.8) is 0 Å². The Balaban J connectivity index is 3.54. The summed E-state index contributed by atoms with van der Waals surface area (Å²) in [6, 6.07) is -1.10. The van der Waals surface area contributed by atoms with Crippen LogP contribution in [0.25, 0.3) is 0 Å². The van der Waals surface area contributed by atoms with Crippen molar-refractivity contribution < 1.29 is 22.8 Å². The normalized spacial score (nSPS) is 11.0. The summed E-state index contributed by atoms with van der Waals surface area (Å²) in [5, 5.41) is 3.38. The molecule has 0 aliphatic rings. The summed E-state index contributed by atoms with van der Waals surface area (Å²) in [5.41, 5.74) is 4.53. The molecule has 0 radical (unpaired) electrons. The van der Waals surface area contributed by atoms with Crippen molar-refractivity contribution in [3.05, 3.63) is 0 Å². The van der Waals surface area contributed by atoms with E-state index in [1.54, 1.807) is 10.6 Å². The van der Waals surface area contributed by atoms with E-state index in [4.69, 9.17) is 0 Å². The van der Waals surface area contributed by atoms with Crippen LogP contribution in [0.2, 0.25) is 0 Å². The zero-order chi connectivity index (χ0) is 10.5. The minimum absolute atomic E-state index is 0.609. The summed E-state index contributed by atoms with van der Waals surface area (Å²) < 4.78 is 34.4. The van der Waals surface area contributed by atoms with Crippen molar-refractivity contribution in [1.82, 2.24) is 10.6 Å². The molecule has 0 aliphatic carbocycles. The predicted octanol–water partition coefficient (Wildman–Crippen LogP) is -0.667. The van der Waals surface area contributed by atoms with E-state index >= 15 is 0 Å². The van der Waals surface area contributed by atoms with E-state index in [0.717, 1.165) is 0 Å². The number of nitrogens with one attached hydrogen (secondary N) is 2. The minimum Gasteiger partial charge on any atom is -0.351 e. The Labute approximate surface area is 71.5 Å². The van der Waals surface area contributed by atoms with Crippen LogP contribution >= 0.6 is 0 Å². The predicted molar refractivity (Wildman–Crippen MR) is 36.7 cm³/mol. The molecule has 0 aromatic carbocycles. The van der Waals surface area contributed by atoms with Crippen LogP contribution in [0, 0.1) is 0 Å². The largest absolute Gasteiger partial charge is 0.401 e. The smallest absolute Gasteiger partial charge is 0.351 e. The van der Waals surface area contributed by atoms with Gasteiger partial charge in [0.05, 0.1) is 13.1 Å². The van der Waals surface area contributed by atoms with Gasteiger partial charge in [-0.15, -0.1) is 0 Å². The number of primary amides is 1. The van der Waals surface area contributed by atoms with E-state index < -0.39 is 31.2 Å². The number of carbonyl (C=O) groups is 2. The van der Waals surface area contributed by atoms with E-state index in [0.29, 0.717) is 0 Å². The van der Waals surface area contributed by atoms with Crippen LogP contribution in [0.5, 0.6) is 0 Å². The van der Waals surface area contributed by atoms with E-state index in [1.165, 1.54) is 0 Å². The van der Waals surface area contributed by atoms with Crippen LogP contribution in [-0.2, 0) is 4.79 Å². The molecule has 0 fully saturated rings. The Hall–Kier alpha value is -1.31. The lowest BCUT2D eigenvalue weighted by Gasteiger charge is -2.06. The molecule has 3 amide bonds. The summed E-state index contributed by atoms with van der Waals surface area (Å²) in [6.45, 7) is -1.90. The fourth-order valence-corrected chi connectivity index (χ4v) is 0.499. The van der Waals surface area contributed by atoms with Crippen LogP contribution in [0.1, 0.15) is 0 Å². The van der Waals surface area contributed by atoms with Gasteiger partial charge in [0.15, 0.2) is 0 Å².